The molecule has 0 saturated heterocycles. The maximum absolute atomic E-state index is 11.2. The second-order valence-corrected chi connectivity index (χ2v) is 6.29. The number of hydrogen-bond donors (Lipinski definition) is 1. The van der Waals surface area contributed by atoms with Crippen LogP contribution < -0.4 is 5.73 Å². The van der Waals surface area contributed by atoms with Gasteiger partial charge in [0.1, 0.15) is 0 Å². The third-order valence-corrected chi connectivity index (χ3v) is 4.14. The van der Waals surface area contributed by atoms with Gasteiger partial charge in [-0.3, -0.25) is 10.1 Å². The average Bonchev–Trinajstić information content (AvgIpc) is 2.66. The molecule has 2 N–H and O–H groups in total. The highest BCUT2D eigenvalue weighted by molar-refractivity contribution is 7.18. The van der Waals surface area contributed by atoms with Crippen LogP contribution in [0.3, 0.4) is 0 Å². The number of nitrogens with zero attached hydrogens (tertiary/aromatic N) is 2. The minimum atomic E-state index is -0.336. The van der Waals surface area contributed by atoms with Crippen LogP contribution in [0.15, 0.2) is 12.1 Å². The van der Waals surface area contributed by atoms with Gasteiger partial charge in [-0.15, -0.1) is 11.3 Å². The minimum absolute atomic E-state index is 0.0871. The summed E-state index contributed by atoms with van der Waals surface area (Å²) in [6.07, 6.45) is 0.500. The fourth-order valence-electron chi connectivity index (χ4n) is 1.94. The largest absolute Gasteiger partial charge is 0.327 e. The smallest absolute Gasteiger partial charge is 0.274 e. The molecule has 0 aliphatic rings. The first-order valence-corrected chi connectivity index (χ1v) is 7.00. The first kappa shape index (κ1) is 13.9. The van der Waals surface area contributed by atoms with Gasteiger partial charge in [-0.1, -0.05) is 13.8 Å². The van der Waals surface area contributed by atoms with Crippen molar-refractivity contribution in [1.82, 2.24) is 4.98 Å². The van der Waals surface area contributed by atoms with E-state index >= 15 is 0 Å². The molecule has 0 spiro atoms. The zero-order valence-electron chi connectivity index (χ0n) is 11.2. The van der Waals surface area contributed by atoms with Crippen LogP contribution in [0.2, 0.25) is 0 Å². The van der Waals surface area contributed by atoms with Gasteiger partial charge < -0.3 is 5.73 Å². The van der Waals surface area contributed by atoms with Gasteiger partial charge in [0.25, 0.3) is 5.69 Å². The molecule has 2 aromatic rings. The number of thiazole rings is 1. The summed E-state index contributed by atoms with van der Waals surface area (Å²) in [7, 11) is 0. The number of nitro benzene ring substituents is 1. The highest BCUT2D eigenvalue weighted by Gasteiger charge is 2.20. The summed E-state index contributed by atoms with van der Waals surface area (Å²) >= 11 is 1.47. The number of benzene rings is 1. The maximum Gasteiger partial charge on any atom is 0.274 e. The van der Waals surface area contributed by atoms with Crippen LogP contribution >= 0.6 is 11.3 Å². The standard InChI is InChI=1S/C13H17N3O2S/c1-7(2)10(14)4-9-5-11-13(19-8(3)15-11)6-12(9)16(17)18/h5-7,10H,4,14H2,1-3H3. The molecule has 0 aliphatic heterocycles. The van der Waals surface area contributed by atoms with Gasteiger partial charge in [0, 0.05) is 17.7 Å². The van der Waals surface area contributed by atoms with E-state index in [1.165, 1.54) is 11.3 Å². The van der Waals surface area contributed by atoms with Gasteiger partial charge in [0.15, 0.2) is 0 Å². The summed E-state index contributed by atoms with van der Waals surface area (Å²) in [5.74, 6) is 0.285. The van der Waals surface area contributed by atoms with Crippen molar-refractivity contribution < 1.29 is 4.92 Å². The maximum atomic E-state index is 11.2. The van der Waals surface area contributed by atoms with Crippen LogP contribution in [0.5, 0.6) is 0 Å². The molecular formula is C13H17N3O2S. The van der Waals surface area contributed by atoms with Crippen LogP contribution in [0.25, 0.3) is 10.2 Å². The second kappa shape index (κ2) is 5.22. The van der Waals surface area contributed by atoms with E-state index < -0.39 is 0 Å². The zero-order chi connectivity index (χ0) is 14.2. The van der Waals surface area contributed by atoms with E-state index in [1.807, 2.05) is 20.8 Å². The van der Waals surface area contributed by atoms with Crippen molar-refractivity contribution in [2.24, 2.45) is 11.7 Å². The normalized spacial score (nSPS) is 13.1. The van der Waals surface area contributed by atoms with Crippen molar-refractivity contribution in [2.75, 3.05) is 0 Å². The summed E-state index contributed by atoms with van der Waals surface area (Å²) in [6.45, 7) is 5.93. The van der Waals surface area contributed by atoms with Crippen molar-refractivity contribution >= 4 is 27.2 Å². The molecule has 1 heterocycles. The predicted octanol–water partition coefficient (Wildman–Crippen LogP) is 3.04. The molecule has 0 amide bonds. The molecule has 0 fully saturated rings. The number of nitrogens with two attached hydrogens (primary N) is 1. The molecule has 6 heteroatoms. The lowest BCUT2D eigenvalue weighted by Crippen LogP contribution is -2.29. The highest BCUT2D eigenvalue weighted by Crippen LogP contribution is 2.30. The molecule has 0 saturated carbocycles. The molecule has 19 heavy (non-hydrogen) atoms. The quantitative estimate of drug-likeness (QED) is 0.689. The van der Waals surface area contributed by atoms with Crippen molar-refractivity contribution in [2.45, 2.75) is 33.2 Å². The number of aryl methyl sites for hydroxylation is 1. The van der Waals surface area contributed by atoms with Crippen molar-refractivity contribution in [1.29, 1.82) is 0 Å². The van der Waals surface area contributed by atoms with Gasteiger partial charge >= 0.3 is 0 Å². The SMILES string of the molecule is Cc1nc2cc(CC(N)C(C)C)c([N+](=O)[O-])cc2s1. The molecule has 1 atom stereocenters. The fourth-order valence-corrected chi connectivity index (χ4v) is 2.79. The monoisotopic (exact) mass is 279 g/mol. The van der Waals surface area contributed by atoms with E-state index in [0.29, 0.717) is 12.0 Å². The first-order chi connectivity index (χ1) is 8.88. The molecule has 2 rings (SSSR count). The van der Waals surface area contributed by atoms with Crippen molar-refractivity contribution in [3.8, 4) is 0 Å². The van der Waals surface area contributed by atoms with Crippen LogP contribution in [-0.4, -0.2) is 15.9 Å². The Balaban J connectivity index is 2.50. The van der Waals surface area contributed by atoms with Crippen LogP contribution in [-0.2, 0) is 6.42 Å². The van der Waals surface area contributed by atoms with Gasteiger partial charge in [-0.2, -0.15) is 0 Å². The first-order valence-electron chi connectivity index (χ1n) is 6.18. The number of fused-ring (bicyclic) bond motifs is 1. The number of aromatic nitrogens is 1. The Hall–Kier alpha value is -1.53. The molecule has 0 bridgehead atoms. The van der Waals surface area contributed by atoms with Crippen LogP contribution in [0.4, 0.5) is 5.69 Å². The van der Waals surface area contributed by atoms with Crippen LogP contribution in [0, 0.1) is 23.0 Å². The summed E-state index contributed by atoms with van der Waals surface area (Å²) < 4.78 is 0.853. The molecule has 5 nitrogen and oxygen atoms in total. The molecule has 0 radical (unpaired) electrons. The fraction of sp³-hybridized carbons (Fsp3) is 0.462. The van der Waals surface area contributed by atoms with E-state index in [4.69, 9.17) is 5.73 Å². The van der Waals surface area contributed by atoms with E-state index in [9.17, 15) is 10.1 Å². The highest BCUT2D eigenvalue weighted by atomic mass is 32.1. The Morgan fingerprint density at radius 2 is 2.16 bits per heavy atom. The summed E-state index contributed by atoms with van der Waals surface area (Å²) in [4.78, 5) is 15.2. The van der Waals surface area contributed by atoms with Gasteiger partial charge in [0.2, 0.25) is 0 Å². The lowest BCUT2D eigenvalue weighted by Gasteiger charge is -2.15. The second-order valence-electron chi connectivity index (χ2n) is 5.05. The Labute approximate surface area is 115 Å². The lowest BCUT2D eigenvalue weighted by atomic mass is 9.96. The molecule has 102 valence electrons. The van der Waals surface area contributed by atoms with E-state index in [2.05, 4.69) is 4.98 Å². The van der Waals surface area contributed by atoms with Gasteiger partial charge in [-0.25, -0.2) is 4.98 Å². The third kappa shape index (κ3) is 2.90. The molecular weight excluding hydrogens is 262 g/mol. The number of hydrogen-bond acceptors (Lipinski definition) is 5. The zero-order valence-corrected chi connectivity index (χ0v) is 12.0. The van der Waals surface area contributed by atoms with E-state index in [1.54, 1.807) is 12.1 Å². The Morgan fingerprint density at radius 1 is 1.47 bits per heavy atom. The molecule has 1 aromatic carbocycles. The molecule has 0 aliphatic carbocycles. The lowest BCUT2D eigenvalue weighted by molar-refractivity contribution is -0.385. The van der Waals surface area contributed by atoms with Gasteiger partial charge in [0.05, 0.1) is 20.1 Å². The molecule has 1 unspecified atom stereocenters. The number of rotatable bonds is 4. The van der Waals surface area contributed by atoms with Crippen molar-refractivity contribution in [3.05, 3.63) is 32.8 Å². The third-order valence-electron chi connectivity index (χ3n) is 3.20. The average molecular weight is 279 g/mol. The topological polar surface area (TPSA) is 82.0 Å². The van der Waals surface area contributed by atoms with Gasteiger partial charge in [-0.05, 0) is 25.3 Å². The Morgan fingerprint density at radius 3 is 2.74 bits per heavy atom. The summed E-state index contributed by atoms with van der Waals surface area (Å²) in [5.41, 5.74) is 7.66. The number of nitro groups is 1. The van der Waals surface area contributed by atoms with E-state index in [0.717, 1.165) is 15.2 Å². The Bertz CT molecular complexity index is 622. The molecule has 1 aromatic heterocycles. The Kier molecular flexibility index (Phi) is 3.82. The predicted molar refractivity (Wildman–Crippen MR) is 77.5 cm³/mol. The summed E-state index contributed by atoms with van der Waals surface area (Å²) in [6, 6.07) is 3.33. The van der Waals surface area contributed by atoms with E-state index in [-0.39, 0.29) is 22.6 Å². The summed E-state index contributed by atoms with van der Waals surface area (Å²) in [5, 5.41) is 12.1. The van der Waals surface area contributed by atoms with Crippen LogP contribution in [0.1, 0.15) is 24.4 Å². The minimum Gasteiger partial charge on any atom is -0.327 e. The van der Waals surface area contributed by atoms with Crippen molar-refractivity contribution in [3.63, 3.8) is 0 Å².